The van der Waals surface area contributed by atoms with Gasteiger partial charge in [0.2, 0.25) is 0 Å². The number of rotatable bonds is 7. The van der Waals surface area contributed by atoms with Gasteiger partial charge < -0.3 is 29.3 Å². The van der Waals surface area contributed by atoms with Gasteiger partial charge in [-0.1, -0.05) is 96.2 Å². The van der Waals surface area contributed by atoms with Crippen molar-refractivity contribution in [1.82, 2.24) is 0 Å². The number of benzene rings is 3. The molecule has 0 saturated carbocycles. The van der Waals surface area contributed by atoms with Crippen molar-refractivity contribution in [3.05, 3.63) is 108 Å². The van der Waals surface area contributed by atoms with Gasteiger partial charge in [0, 0.05) is 0 Å². The second-order valence-corrected chi connectivity index (χ2v) is 9.18. The van der Waals surface area contributed by atoms with Crippen molar-refractivity contribution in [3.63, 3.8) is 0 Å². The largest absolute Gasteiger partial charge is 0.411 e. The number of oxime groups is 1. The molecule has 2 heterocycles. The zero-order chi connectivity index (χ0) is 24.5. The normalized spacial score (nSPS) is 26.0. The van der Waals surface area contributed by atoms with Crippen LogP contribution in [-0.4, -0.2) is 53.0 Å². The van der Waals surface area contributed by atoms with E-state index in [2.05, 4.69) is 5.16 Å². The molecule has 0 spiro atoms. The molecule has 0 unspecified atom stereocenters. The van der Waals surface area contributed by atoms with Crippen molar-refractivity contribution in [2.24, 2.45) is 5.16 Å². The fraction of sp³-hybridized carbons (Fsp3) is 0.321. The number of aliphatic hydroxyl groups is 1. The Bertz CT molecular complexity index is 1060. The smallest absolute Gasteiger partial charge is 0.190 e. The molecule has 0 aliphatic carbocycles. The van der Waals surface area contributed by atoms with Crippen LogP contribution in [0.2, 0.25) is 0 Å². The molecule has 2 aliphatic heterocycles. The molecule has 3 aromatic rings. The summed E-state index contributed by atoms with van der Waals surface area (Å²) in [6, 6.07) is 29.6. The maximum Gasteiger partial charge on any atom is 0.190 e. The molecule has 7 nitrogen and oxygen atoms in total. The number of fused-ring (bicyclic) bond motifs is 1. The second-order valence-electron chi connectivity index (χ2n) is 9.18. The van der Waals surface area contributed by atoms with Crippen LogP contribution in [0.25, 0.3) is 0 Å². The number of aliphatic hydroxyl groups excluding tert-OH is 1. The highest BCUT2D eigenvalue weighted by Gasteiger charge is 2.56. The monoisotopic (exact) mass is 475 g/mol. The van der Waals surface area contributed by atoms with Crippen molar-refractivity contribution in [2.45, 2.75) is 49.8 Å². The molecule has 3 aromatic carbocycles. The SMILES string of the molecule is CC1(C)O[C@H]2O[C@@H](/C(COC(c3ccccc3)(c3ccccc3)c3ccccc3)=N/O)[C@H](O)[C@H]2O1. The van der Waals surface area contributed by atoms with E-state index < -0.39 is 36.0 Å². The highest BCUT2D eigenvalue weighted by atomic mass is 16.8. The summed E-state index contributed by atoms with van der Waals surface area (Å²) >= 11 is 0. The van der Waals surface area contributed by atoms with Gasteiger partial charge >= 0.3 is 0 Å². The molecule has 2 saturated heterocycles. The Balaban J connectivity index is 1.50. The molecular formula is C28H29NO6. The average molecular weight is 476 g/mol. The zero-order valence-electron chi connectivity index (χ0n) is 19.7. The van der Waals surface area contributed by atoms with E-state index in [9.17, 15) is 10.3 Å². The second kappa shape index (κ2) is 9.53. The van der Waals surface area contributed by atoms with Crippen LogP contribution in [0.4, 0.5) is 0 Å². The van der Waals surface area contributed by atoms with Gasteiger partial charge in [0.25, 0.3) is 0 Å². The number of nitrogens with zero attached hydrogens (tertiary/aromatic N) is 1. The van der Waals surface area contributed by atoms with Crippen LogP contribution in [0.5, 0.6) is 0 Å². The maximum atomic E-state index is 10.9. The van der Waals surface area contributed by atoms with Gasteiger partial charge in [0.05, 0.1) is 6.61 Å². The highest BCUT2D eigenvalue weighted by Crippen LogP contribution is 2.41. The van der Waals surface area contributed by atoms with Crippen LogP contribution in [-0.2, 0) is 24.5 Å². The van der Waals surface area contributed by atoms with Crippen molar-refractivity contribution >= 4 is 5.71 Å². The Morgan fingerprint density at radius 1 is 0.857 bits per heavy atom. The molecule has 4 atom stereocenters. The first-order valence-corrected chi connectivity index (χ1v) is 11.6. The van der Waals surface area contributed by atoms with Crippen molar-refractivity contribution < 1.29 is 29.3 Å². The van der Waals surface area contributed by atoms with E-state index in [1.54, 1.807) is 13.8 Å². The van der Waals surface area contributed by atoms with Crippen LogP contribution in [0.15, 0.2) is 96.2 Å². The Morgan fingerprint density at radius 3 is 1.77 bits per heavy atom. The first-order chi connectivity index (χ1) is 16.9. The lowest BCUT2D eigenvalue weighted by Crippen LogP contribution is -2.42. The molecule has 0 radical (unpaired) electrons. The lowest BCUT2D eigenvalue weighted by Gasteiger charge is -2.36. The Morgan fingerprint density at radius 2 is 1.34 bits per heavy atom. The molecule has 0 bridgehead atoms. The topological polar surface area (TPSA) is 89.7 Å². The number of hydrogen-bond acceptors (Lipinski definition) is 7. The molecule has 0 amide bonds. The molecule has 2 fully saturated rings. The zero-order valence-corrected chi connectivity index (χ0v) is 19.7. The Kier molecular flexibility index (Phi) is 6.44. The quantitative estimate of drug-likeness (QED) is 0.232. The summed E-state index contributed by atoms with van der Waals surface area (Å²) in [5.41, 5.74) is 1.87. The minimum absolute atomic E-state index is 0.111. The summed E-state index contributed by atoms with van der Waals surface area (Å²) in [5, 5.41) is 24.3. The predicted molar refractivity (Wildman–Crippen MR) is 129 cm³/mol. The predicted octanol–water partition coefficient (Wildman–Crippen LogP) is 4.06. The molecule has 5 rings (SSSR count). The van der Waals surface area contributed by atoms with E-state index in [-0.39, 0.29) is 12.3 Å². The minimum Gasteiger partial charge on any atom is -0.411 e. The van der Waals surface area contributed by atoms with Gasteiger partial charge in [-0.05, 0) is 30.5 Å². The Hall–Kier alpha value is -3.07. The molecule has 35 heavy (non-hydrogen) atoms. The van der Waals surface area contributed by atoms with Gasteiger partial charge in [0.1, 0.15) is 29.6 Å². The van der Waals surface area contributed by atoms with Crippen molar-refractivity contribution in [2.75, 3.05) is 6.61 Å². The first kappa shape index (κ1) is 23.7. The van der Waals surface area contributed by atoms with E-state index in [1.165, 1.54) is 0 Å². The van der Waals surface area contributed by atoms with E-state index in [0.29, 0.717) is 0 Å². The fourth-order valence-corrected chi connectivity index (χ4v) is 4.89. The van der Waals surface area contributed by atoms with Crippen LogP contribution >= 0.6 is 0 Å². The number of ether oxygens (including phenoxy) is 4. The summed E-state index contributed by atoms with van der Waals surface area (Å²) < 4.78 is 24.1. The average Bonchev–Trinajstić information content (AvgIpc) is 3.35. The van der Waals surface area contributed by atoms with Gasteiger partial charge in [-0.15, -0.1) is 0 Å². The molecule has 0 aromatic heterocycles. The first-order valence-electron chi connectivity index (χ1n) is 11.6. The molecular weight excluding hydrogens is 446 g/mol. The lowest BCUT2D eigenvalue weighted by molar-refractivity contribution is -0.207. The van der Waals surface area contributed by atoms with E-state index in [1.807, 2.05) is 91.0 Å². The molecule has 182 valence electrons. The van der Waals surface area contributed by atoms with Crippen molar-refractivity contribution in [1.29, 1.82) is 0 Å². The summed E-state index contributed by atoms with van der Waals surface area (Å²) in [5.74, 6) is -0.864. The van der Waals surface area contributed by atoms with Gasteiger partial charge in [-0.2, -0.15) is 0 Å². The fourth-order valence-electron chi connectivity index (χ4n) is 4.89. The van der Waals surface area contributed by atoms with Gasteiger partial charge in [-0.3, -0.25) is 0 Å². The third kappa shape index (κ3) is 4.37. The maximum absolute atomic E-state index is 10.9. The molecule has 2 aliphatic rings. The summed E-state index contributed by atoms with van der Waals surface area (Å²) in [7, 11) is 0. The van der Waals surface area contributed by atoms with Crippen LogP contribution in [0.1, 0.15) is 30.5 Å². The number of hydrogen-bond donors (Lipinski definition) is 2. The lowest BCUT2D eigenvalue weighted by atomic mass is 9.80. The standard InChI is InChI=1S/C28H29NO6/c1-27(2)34-25-23(30)24(33-26(25)35-27)22(29-31)18-32-28(19-12-6-3-7-13-19,20-14-8-4-9-15-20)21-16-10-5-11-17-21/h3-17,23-26,30-31H,18H2,1-2H3/b29-22+/t23-,24-,25+,26+/m0/s1. The summed E-state index contributed by atoms with van der Waals surface area (Å²) in [4.78, 5) is 0. The van der Waals surface area contributed by atoms with Crippen LogP contribution in [0.3, 0.4) is 0 Å². The Labute approximate surface area is 204 Å². The van der Waals surface area contributed by atoms with Gasteiger partial charge in [-0.25, -0.2) is 0 Å². The van der Waals surface area contributed by atoms with Crippen molar-refractivity contribution in [3.8, 4) is 0 Å². The summed E-state index contributed by atoms with van der Waals surface area (Å²) in [6.07, 6.45) is -3.46. The molecule has 2 N–H and O–H groups in total. The van der Waals surface area contributed by atoms with E-state index >= 15 is 0 Å². The summed E-state index contributed by atoms with van der Waals surface area (Å²) in [6.45, 7) is 3.41. The van der Waals surface area contributed by atoms with Crippen LogP contribution in [0, 0.1) is 0 Å². The van der Waals surface area contributed by atoms with E-state index in [4.69, 9.17) is 18.9 Å². The third-order valence-corrected chi connectivity index (χ3v) is 6.45. The van der Waals surface area contributed by atoms with Gasteiger partial charge in [0.15, 0.2) is 12.1 Å². The molecule has 7 heteroatoms. The highest BCUT2D eigenvalue weighted by molar-refractivity contribution is 5.90. The third-order valence-electron chi connectivity index (χ3n) is 6.45. The van der Waals surface area contributed by atoms with E-state index in [0.717, 1.165) is 16.7 Å². The van der Waals surface area contributed by atoms with Crippen LogP contribution < -0.4 is 0 Å². The minimum atomic E-state index is -1.07.